The molecule has 2 aromatic rings. The highest BCUT2D eigenvalue weighted by Gasteiger charge is 2.14. The second-order valence-electron chi connectivity index (χ2n) is 5.56. The Hall–Kier alpha value is -2.78. The number of ether oxygens (including phenoxy) is 2. The highest BCUT2D eigenvalue weighted by Crippen LogP contribution is 2.24. The average Bonchev–Trinajstić information content (AvgIpc) is 2.62. The Morgan fingerprint density at radius 3 is 2.44 bits per heavy atom. The van der Waals surface area contributed by atoms with Crippen LogP contribution in [0.25, 0.3) is 0 Å². The normalized spacial score (nSPS) is 11.0. The molecule has 0 unspecified atom stereocenters. The maximum absolute atomic E-state index is 12.2. The number of carbonyl (C=O) groups excluding carboxylic acids is 1. The Bertz CT molecular complexity index is 882. The van der Waals surface area contributed by atoms with Crippen LogP contribution in [0.4, 0.5) is 11.4 Å². The number of benzene rings is 2. The number of methoxy groups -OCH3 is 1. The molecule has 146 valence electrons. The molecule has 0 heterocycles. The van der Waals surface area contributed by atoms with E-state index in [2.05, 4.69) is 10.0 Å². The smallest absolute Gasteiger partial charge is 0.240 e. The van der Waals surface area contributed by atoms with Crippen molar-refractivity contribution in [3.63, 3.8) is 0 Å². The van der Waals surface area contributed by atoms with Gasteiger partial charge in [0.2, 0.25) is 15.9 Å². The molecular formula is C18H23N3O5S. The quantitative estimate of drug-likeness (QED) is 0.561. The number of nitrogens with two attached hydrogens (primary N) is 1. The Morgan fingerprint density at radius 1 is 1.15 bits per heavy atom. The first-order valence-corrected chi connectivity index (χ1v) is 9.80. The van der Waals surface area contributed by atoms with Crippen molar-refractivity contribution >= 4 is 27.3 Å². The van der Waals surface area contributed by atoms with Crippen LogP contribution in [-0.4, -0.2) is 34.6 Å². The number of hydrogen-bond donors (Lipinski definition) is 3. The molecule has 0 bridgehead atoms. The largest absolute Gasteiger partial charge is 0.495 e. The third-order valence-electron chi connectivity index (χ3n) is 3.60. The fraction of sp³-hybridized carbons (Fsp3) is 0.278. The summed E-state index contributed by atoms with van der Waals surface area (Å²) in [7, 11) is -2.20. The molecule has 0 aliphatic carbocycles. The van der Waals surface area contributed by atoms with Crippen molar-refractivity contribution in [1.29, 1.82) is 0 Å². The molecule has 8 nitrogen and oxygen atoms in total. The van der Waals surface area contributed by atoms with Gasteiger partial charge in [0.15, 0.2) is 0 Å². The first-order chi connectivity index (χ1) is 12.9. The molecule has 9 heteroatoms. The zero-order chi connectivity index (χ0) is 19.9. The van der Waals surface area contributed by atoms with Crippen LogP contribution in [0.1, 0.15) is 13.3 Å². The molecule has 0 aromatic heterocycles. The Morgan fingerprint density at radius 2 is 1.85 bits per heavy atom. The van der Waals surface area contributed by atoms with Crippen LogP contribution < -0.4 is 25.2 Å². The minimum Gasteiger partial charge on any atom is -0.495 e. The van der Waals surface area contributed by atoms with Gasteiger partial charge in [-0.15, -0.1) is 0 Å². The van der Waals surface area contributed by atoms with E-state index in [-0.39, 0.29) is 23.8 Å². The van der Waals surface area contributed by atoms with Gasteiger partial charge < -0.3 is 20.5 Å². The van der Waals surface area contributed by atoms with Gasteiger partial charge in [0, 0.05) is 18.7 Å². The Balaban J connectivity index is 1.87. The average molecular weight is 393 g/mol. The van der Waals surface area contributed by atoms with Crippen LogP contribution in [0.2, 0.25) is 0 Å². The van der Waals surface area contributed by atoms with Crippen LogP contribution in [0.15, 0.2) is 47.4 Å². The molecule has 0 saturated heterocycles. The van der Waals surface area contributed by atoms with E-state index in [1.807, 2.05) is 6.92 Å². The number of nitrogen functional groups attached to an aromatic ring is 1. The molecule has 0 aliphatic heterocycles. The zero-order valence-corrected chi connectivity index (χ0v) is 16.0. The van der Waals surface area contributed by atoms with Gasteiger partial charge in [-0.05, 0) is 49.4 Å². The second kappa shape index (κ2) is 9.24. The first kappa shape index (κ1) is 20.5. The molecule has 0 atom stereocenters. The number of sulfonamides is 1. The van der Waals surface area contributed by atoms with Crippen molar-refractivity contribution in [2.24, 2.45) is 0 Å². The van der Waals surface area contributed by atoms with E-state index < -0.39 is 10.0 Å². The van der Waals surface area contributed by atoms with Crippen molar-refractivity contribution < 1.29 is 22.7 Å². The molecule has 0 spiro atoms. The summed E-state index contributed by atoms with van der Waals surface area (Å²) in [6.45, 7) is 2.31. The molecule has 2 rings (SSSR count). The lowest BCUT2D eigenvalue weighted by atomic mass is 10.2. The molecule has 0 saturated carbocycles. The lowest BCUT2D eigenvalue weighted by molar-refractivity contribution is -0.116. The van der Waals surface area contributed by atoms with E-state index in [0.29, 0.717) is 29.5 Å². The maximum atomic E-state index is 12.2. The molecule has 2 aromatic carbocycles. The van der Waals surface area contributed by atoms with Gasteiger partial charge >= 0.3 is 0 Å². The van der Waals surface area contributed by atoms with Gasteiger partial charge in [0.05, 0.1) is 24.3 Å². The second-order valence-corrected chi connectivity index (χ2v) is 7.32. The monoisotopic (exact) mass is 393 g/mol. The predicted molar refractivity (Wildman–Crippen MR) is 103 cm³/mol. The molecule has 0 radical (unpaired) electrons. The summed E-state index contributed by atoms with van der Waals surface area (Å²) in [5, 5.41) is 2.66. The lowest BCUT2D eigenvalue weighted by Gasteiger charge is -2.10. The number of amides is 1. The summed E-state index contributed by atoms with van der Waals surface area (Å²) in [6.07, 6.45) is -0.0256. The summed E-state index contributed by atoms with van der Waals surface area (Å²) in [5.41, 5.74) is 6.68. The highest BCUT2D eigenvalue weighted by atomic mass is 32.2. The number of nitrogens with one attached hydrogen (secondary N) is 2. The van der Waals surface area contributed by atoms with E-state index >= 15 is 0 Å². The Labute approximate surface area is 158 Å². The first-order valence-electron chi connectivity index (χ1n) is 8.31. The van der Waals surface area contributed by atoms with E-state index in [1.165, 1.54) is 19.2 Å². The van der Waals surface area contributed by atoms with E-state index in [9.17, 15) is 13.2 Å². The third kappa shape index (κ3) is 5.87. The molecule has 27 heavy (non-hydrogen) atoms. The van der Waals surface area contributed by atoms with Gasteiger partial charge in [-0.25, -0.2) is 13.1 Å². The van der Waals surface area contributed by atoms with Crippen molar-refractivity contribution in [1.82, 2.24) is 4.72 Å². The Kier molecular flexibility index (Phi) is 7.03. The predicted octanol–water partition coefficient (Wildman–Crippen LogP) is 1.98. The van der Waals surface area contributed by atoms with Crippen molar-refractivity contribution in [2.45, 2.75) is 18.2 Å². The van der Waals surface area contributed by atoms with Gasteiger partial charge in [0.1, 0.15) is 11.5 Å². The molecule has 0 aliphatic rings. The fourth-order valence-electron chi connectivity index (χ4n) is 2.30. The summed E-state index contributed by atoms with van der Waals surface area (Å²) < 4.78 is 37.2. The van der Waals surface area contributed by atoms with Gasteiger partial charge in [-0.1, -0.05) is 0 Å². The molecular weight excluding hydrogens is 370 g/mol. The summed E-state index contributed by atoms with van der Waals surface area (Å²) in [4.78, 5) is 12.1. The van der Waals surface area contributed by atoms with Crippen LogP contribution in [0, 0.1) is 0 Å². The fourth-order valence-corrected chi connectivity index (χ4v) is 3.33. The minimum atomic E-state index is -3.70. The molecule has 4 N–H and O–H groups in total. The van der Waals surface area contributed by atoms with E-state index in [1.54, 1.807) is 30.3 Å². The summed E-state index contributed by atoms with van der Waals surface area (Å²) in [6, 6.07) is 10.9. The van der Waals surface area contributed by atoms with E-state index in [4.69, 9.17) is 15.2 Å². The van der Waals surface area contributed by atoms with Crippen LogP contribution >= 0.6 is 0 Å². The van der Waals surface area contributed by atoms with Gasteiger partial charge in [-0.2, -0.15) is 0 Å². The van der Waals surface area contributed by atoms with Crippen molar-refractivity contribution in [3.8, 4) is 11.5 Å². The van der Waals surface area contributed by atoms with Gasteiger partial charge in [-0.3, -0.25) is 4.79 Å². The number of anilines is 2. The van der Waals surface area contributed by atoms with Crippen LogP contribution in [0.5, 0.6) is 11.5 Å². The van der Waals surface area contributed by atoms with Gasteiger partial charge in [0.25, 0.3) is 0 Å². The topological polar surface area (TPSA) is 120 Å². The number of rotatable bonds is 9. The van der Waals surface area contributed by atoms with Crippen molar-refractivity contribution in [3.05, 3.63) is 42.5 Å². The van der Waals surface area contributed by atoms with Crippen molar-refractivity contribution in [2.75, 3.05) is 31.3 Å². The van der Waals surface area contributed by atoms with Crippen LogP contribution in [0.3, 0.4) is 0 Å². The van der Waals surface area contributed by atoms with Crippen LogP contribution in [-0.2, 0) is 14.8 Å². The van der Waals surface area contributed by atoms with E-state index in [0.717, 1.165) is 0 Å². The number of carbonyl (C=O) groups is 1. The highest BCUT2D eigenvalue weighted by molar-refractivity contribution is 7.89. The lowest BCUT2D eigenvalue weighted by Crippen LogP contribution is -2.27. The molecule has 0 fully saturated rings. The standard InChI is InChI=1S/C18H23N3O5S/c1-3-26-14-5-7-15(8-6-14)27(23,24)20-11-10-18(22)21-13-4-9-17(25-2)16(19)12-13/h4-9,12,20H,3,10-11,19H2,1-2H3,(H,21,22). The summed E-state index contributed by atoms with van der Waals surface area (Å²) >= 11 is 0. The zero-order valence-electron chi connectivity index (χ0n) is 15.2. The third-order valence-corrected chi connectivity index (χ3v) is 5.08. The molecule has 1 amide bonds. The number of hydrogen-bond acceptors (Lipinski definition) is 6. The minimum absolute atomic E-state index is 0.0256. The maximum Gasteiger partial charge on any atom is 0.240 e. The summed E-state index contributed by atoms with van der Waals surface area (Å²) in [5.74, 6) is 0.764. The SMILES string of the molecule is CCOc1ccc(S(=O)(=O)NCCC(=O)Nc2ccc(OC)c(N)c2)cc1.